The zero-order valence-electron chi connectivity index (χ0n) is 15.3. The van der Waals surface area contributed by atoms with Crippen molar-refractivity contribution >= 4 is 23.3 Å². The fourth-order valence-electron chi connectivity index (χ4n) is 2.74. The number of methoxy groups -OCH3 is 1. The number of carboxylic acid groups (broad SMARTS) is 1. The van der Waals surface area contributed by atoms with Crippen molar-refractivity contribution in [1.82, 2.24) is 0 Å². The molecule has 0 radical (unpaired) electrons. The third-order valence-corrected chi connectivity index (χ3v) is 4.52. The quantitative estimate of drug-likeness (QED) is 0.544. The molecule has 3 aromatic rings. The van der Waals surface area contributed by atoms with E-state index in [4.69, 9.17) is 26.2 Å². The second-order valence-electron chi connectivity index (χ2n) is 6.08. The van der Waals surface area contributed by atoms with E-state index in [1.54, 1.807) is 13.2 Å². The van der Waals surface area contributed by atoms with Crippen molar-refractivity contribution in [3.8, 4) is 11.5 Å². The molecule has 28 heavy (non-hydrogen) atoms. The summed E-state index contributed by atoms with van der Waals surface area (Å²) in [5, 5.41) is 12.8. The molecule has 144 valence electrons. The average molecular weight is 398 g/mol. The first-order chi connectivity index (χ1) is 13.6. The number of nitrogens with one attached hydrogen (secondary N) is 1. The fraction of sp³-hybridized carbons (Fsp3) is 0.136. The first kappa shape index (κ1) is 19.6. The number of ether oxygens (including phenoxy) is 2. The number of hydrogen-bond acceptors (Lipinski definition) is 4. The van der Waals surface area contributed by atoms with Gasteiger partial charge in [-0.25, -0.2) is 4.79 Å². The highest BCUT2D eigenvalue weighted by molar-refractivity contribution is 6.33. The highest BCUT2D eigenvalue weighted by atomic mass is 35.5. The van der Waals surface area contributed by atoms with Crippen LogP contribution in [0.4, 0.5) is 5.69 Å². The molecule has 0 atom stereocenters. The molecule has 3 aromatic carbocycles. The average Bonchev–Trinajstić information content (AvgIpc) is 2.72. The van der Waals surface area contributed by atoms with Crippen LogP contribution in [-0.4, -0.2) is 18.2 Å². The smallest absolute Gasteiger partial charge is 0.335 e. The lowest BCUT2D eigenvalue weighted by Crippen LogP contribution is -2.06. The number of hydrogen-bond donors (Lipinski definition) is 2. The van der Waals surface area contributed by atoms with E-state index in [1.165, 1.54) is 12.1 Å². The van der Waals surface area contributed by atoms with E-state index < -0.39 is 5.97 Å². The van der Waals surface area contributed by atoms with Crippen LogP contribution in [0.25, 0.3) is 0 Å². The van der Waals surface area contributed by atoms with Crippen LogP contribution in [0.15, 0.2) is 66.7 Å². The van der Waals surface area contributed by atoms with Gasteiger partial charge < -0.3 is 19.9 Å². The maximum Gasteiger partial charge on any atom is 0.335 e. The Labute approximate surface area is 168 Å². The monoisotopic (exact) mass is 397 g/mol. The Morgan fingerprint density at radius 3 is 2.57 bits per heavy atom. The first-order valence-corrected chi connectivity index (χ1v) is 9.05. The summed E-state index contributed by atoms with van der Waals surface area (Å²) >= 11 is 6.20. The second-order valence-corrected chi connectivity index (χ2v) is 6.48. The van der Waals surface area contributed by atoms with Gasteiger partial charge in [0.15, 0.2) is 11.5 Å². The molecule has 0 aliphatic carbocycles. The highest BCUT2D eigenvalue weighted by Crippen LogP contribution is 2.33. The Hall–Kier alpha value is -3.18. The van der Waals surface area contributed by atoms with Crippen molar-refractivity contribution in [3.05, 3.63) is 88.4 Å². The van der Waals surface area contributed by atoms with Crippen LogP contribution in [0, 0.1) is 0 Å². The maximum absolute atomic E-state index is 11.2. The van der Waals surface area contributed by atoms with E-state index in [-0.39, 0.29) is 5.56 Å². The van der Waals surface area contributed by atoms with Crippen molar-refractivity contribution in [2.75, 3.05) is 12.4 Å². The molecular weight excluding hydrogens is 378 g/mol. The number of carbonyl (C=O) groups is 1. The van der Waals surface area contributed by atoms with Crippen LogP contribution >= 0.6 is 11.6 Å². The molecular formula is C22H20ClNO4. The van der Waals surface area contributed by atoms with Crippen LogP contribution in [0.3, 0.4) is 0 Å². The molecule has 3 rings (SSSR count). The number of halogens is 1. The second kappa shape index (κ2) is 9.15. The van der Waals surface area contributed by atoms with Crippen LogP contribution in [-0.2, 0) is 13.2 Å². The first-order valence-electron chi connectivity index (χ1n) is 8.68. The van der Waals surface area contributed by atoms with Crippen LogP contribution in [0.2, 0.25) is 5.02 Å². The molecule has 0 amide bonds. The molecule has 5 nitrogen and oxygen atoms in total. The van der Waals surface area contributed by atoms with E-state index in [9.17, 15) is 4.79 Å². The highest BCUT2D eigenvalue weighted by Gasteiger charge is 2.13. The molecule has 2 N–H and O–H groups in total. The van der Waals surface area contributed by atoms with Gasteiger partial charge in [0, 0.05) is 12.1 Å². The number of para-hydroxylation sites is 1. The van der Waals surface area contributed by atoms with Gasteiger partial charge in [-0.2, -0.15) is 0 Å². The molecule has 0 fully saturated rings. The molecule has 0 bridgehead atoms. The van der Waals surface area contributed by atoms with Crippen molar-refractivity contribution < 1.29 is 19.4 Å². The number of anilines is 1. The molecule has 0 aliphatic rings. The number of carboxylic acids is 1. The van der Waals surface area contributed by atoms with Crippen LogP contribution in [0.1, 0.15) is 21.5 Å². The summed E-state index contributed by atoms with van der Waals surface area (Å²) < 4.78 is 11.5. The minimum atomic E-state index is -1.01. The molecule has 0 spiro atoms. The summed E-state index contributed by atoms with van der Waals surface area (Å²) in [7, 11) is 1.59. The maximum atomic E-state index is 11.2. The summed E-state index contributed by atoms with van der Waals surface area (Å²) in [4.78, 5) is 11.2. The van der Waals surface area contributed by atoms with Crippen molar-refractivity contribution in [2.24, 2.45) is 0 Å². The van der Waals surface area contributed by atoms with Crippen LogP contribution < -0.4 is 14.8 Å². The molecule has 6 heteroatoms. The molecule has 0 saturated heterocycles. The van der Waals surface area contributed by atoms with Crippen molar-refractivity contribution in [1.29, 1.82) is 0 Å². The third-order valence-electron chi connectivity index (χ3n) is 4.19. The number of rotatable bonds is 8. The van der Waals surface area contributed by atoms with E-state index in [1.807, 2.05) is 48.5 Å². The lowest BCUT2D eigenvalue weighted by Gasteiger charge is -2.16. The van der Waals surface area contributed by atoms with E-state index >= 15 is 0 Å². The molecule has 0 aromatic heterocycles. The van der Waals surface area contributed by atoms with Gasteiger partial charge in [-0.15, -0.1) is 0 Å². The summed E-state index contributed by atoms with van der Waals surface area (Å²) in [6.07, 6.45) is 0. The molecule has 0 heterocycles. The zero-order valence-corrected chi connectivity index (χ0v) is 16.1. The fourth-order valence-corrected chi connectivity index (χ4v) is 2.92. The SMILES string of the molecule is COc1cccc(CNc2cc(C(=O)O)ccc2Cl)c1OCc1ccccc1. The van der Waals surface area contributed by atoms with Gasteiger partial charge in [0.25, 0.3) is 0 Å². The summed E-state index contributed by atoms with van der Waals surface area (Å²) in [6, 6.07) is 20.0. The third kappa shape index (κ3) is 4.75. The van der Waals surface area contributed by atoms with E-state index in [0.29, 0.717) is 35.4 Å². The molecule has 0 unspecified atom stereocenters. The topological polar surface area (TPSA) is 67.8 Å². The summed E-state index contributed by atoms with van der Waals surface area (Å²) in [5.41, 5.74) is 2.62. The van der Waals surface area contributed by atoms with Gasteiger partial charge in [-0.3, -0.25) is 0 Å². The lowest BCUT2D eigenvalue weighted by molar-refractivity contribution is 0.0697. The van der Waals surface area contributed by atoms with Gasteiger partial charge in [0.1, 0.15) is 6.61 Å². The largest absolute Gasteiger partial charge is 0.493 e. The predicted molar refractivity (Wildman–Crippen MR) is 110 cm³/mol. The van der Waals surface area contributed by atoms with E-state index in [2.05, 4.69) is 5.32 Å². The van der Waals surface area contributed by atoms with Crippen LogP contribution in [0.5, 0.6) is 11.5 Å². The Balaban J connectivity index is 1.80. The Morgan fingerprint density at radius 1 is 1.07 bits per heavy atom. The van der Waals surface area contributed by atoms with Gasteiger partial charge in [0.05, 0.1) is 23.4 Å². The summed E-state index contributed by atoms with van der Waals surface area (Å²) in [6.45, 7) is 0.799. The van der Waals surface area contributed by atoms with E-state index in [0.717, 1.165) is 11.1 Å². The lowest BCUT2D eigenvalue weighted by atomic mass is 10.1. The Kier molecular flexibility index (Phi) is 6.40. The minimum Gasteiger partial charge on any atom is -0.493 e. The van der Waals surface area contributed by atoms with Gasteiger partial charge in [-0.1, -0.05) is 54.1 Å². The normalized spacial score (nSPS) is 10.4. The predicted octanol–water partition coefficient (Wildman–Crippen LogP) is 5.24. The standard InChI is InChI=1S/C22H20ClNO4/c1-27-20-9-5-8-17(21(20)28-14-15-6-3-2-4-7-15)13-24-19-12-16(22(25)26)10-11-18(19)23/h2-12,24H,13-14H2,1H3,(H,25,26). The number of aromatic carboxylic acids is 1. The minimum absolute atomic E-state index is 0.165. The number of benzene rings is 3. The van der Waals surface area contributed by atoms with Crippen molar-refractivity contribution in [3.63, 3.8) is 0 Å². The van der Waals surface area contributed by atoms with Crippen molar-refractivity contribution in [2.45, 2.75) is 13.2 Å². The Morgan fingerprint density at radius 2 is 1.86 bits per heavy atom. The van der Waals surface area contributed by atoms with Gasteiger partial charge in [-0.05, 0) is 29.8 Å². The van der Waals surface area contributed by atoms with Gasteiger partial charge >= 0.3 is 5.97 Å². The molecule has 0 saturated carbocycles. The van der Waals surface area contributed by atoms with Gasteiger partial charge in [0.2, 0.25) is 0 Å². The molecule has 0 aliphatic heterocycles. The summed E-state index contributed by atoms with van der Waals surface area (Å²) in [5.74, 6) is 0.250. The zero-order chi connectivity index (χ0) is 19.9. The Bertz CT molecular complexity index is 960.